The third-order valence-electron chi connectivity index (χ3n) is 5.82. The molecule has 1 aromatic carbocycles. The van der Waals surface area contributed by atoms with Crippen LogP contribution >= 0.6 is 0 Å². The molecular weight excluding hydrogens is 352 g/mol. The Labute approximate surface area is 155 Å². The van der Waals surface area contributed by atoms with Crippen LogP contribution in [-0.4, -0.2) is 69.1 Å². The minimum atomic E-state index is -3.00. The standard InChI is InChI=1S/C19H28N2O4S/c1-25-19-9-8-16(20-18(22)15-6-4-3-5-7-15)14-17(19)21(11-10-19)12-13-26(2,23)24/h3-7,16-17H,8-14H2,1-2H3,(H,20,22)/t16-,17+,19-/m1/s1. The van der Waals surface area contributed by atoms with Crippen LogP contribution in [0, 0.1) is 0 Å². The number of nitrogens with zero attached hydrogens (tertiary/aromatic N) is 1. The Morgan fingerprint density at radius 1 is 1.31 bits per heavy atom. The smallest absolute Gasteiger partial charge is 0.251 e. The van der Waals surface area contributed by atoms with E-state index in [1.54, 1.807) is 7.11 Å². The monoisotopic (exact) mass is 380 g/mol. The van der Waals surface area contributed by atoms with Gasteiger partial charge in [0.05, 0.1) is 11.4 Å². The Kier molecular flexibility index (Phi) is 5.69. The highest BCUT2D eigenvalue weighted by molar-refractivity contribution is 7.90. The van der Waals surface area contributed by atoms with Crippen LogP contribution in [0.2, 0.25) is 0 Å². The molecule has 2 aliphatic rings. The van der Waals surface area contributed by atoms with Crippen molar-refractivity contribution in [3.8, 4) is 0 Å². The zero-order valence-corrected chi connectivity index (χ0v) is 16.3. The lowest BCUT2D eigenvalue weighted by Crippen LogP contribution is -2.55. The topological polar surface area (TPSA) is 75.7 Å². The molecule has 26 heavy (non-hydrogen) atoms. The molecule has 2 fully saturated rings. The number of rotatable bonds is 6. The molecule has 0 aromatic heterocycles. The molecule has 0 spiro atoms. The summed E-state index contributed by atoms with van der Waals surface area (Å²) in [6.07, 6.45) is 4.73. The molecule has 1 N–H and O–H groups in total. The zero-order chi connectivity index (χ0) is 18.8. The summed E-state index contributed by atoms with van der Waals surface area (Å²) < 4.78 is 29.0. The lowest BCUT2D eigenvalue weighted by molar-refractivity contribution is -0.0658. The van der Waals surface area contributed by atoms with Gasteiger partial charge in [-0.25, -0.2) is 8.42 Å². The predicted octanol–water partition coefficient (Wildman–Crippen LogP) is 1.47. The number of fused-ring (bicyclic) bond motifs is 1. The van der Waals surface area contributed by atoms with Gasteiger partial charge in [-0.05, 0) is 37.8 Å². The van der Waals surface area contributed by atoms with Gasteiger partial charge < -0.3 is 10.1 Å². The SMILES string of the molecule is CO[C@@]12CC[C@@H](NC(=O)c3ccccc3)C[C@@H]1N(CCS(C)(=O)=O)CC2. The summed E-state index contributed by atoms with van der Waals surface area (Å²) in [6.45, 7) is 1.36. The van der Waals surface area contributed by atoms with Crippen molar-refractivity contribution in [2.75, 3.05) is 32.2 Å². The first-order valence-corrected chi connectivity index (χ1v) is 11.2. The average molecular weight is 381 g/mol. The van der Waals surface area contributed by atoms with E-state index < -0.39 is 9.84 Å². The molecule has 1 saturated carbocycles. The number of benzene rings is 1. The van der Waals surface area contributed by atoms with Crippen molar-refractivity contribution >= 4 is 15.7 Å². The summed E-state index contributed by atoms with van der Waals surface area (Å²) >= 11 is 0. The summed E-state index contributed by atoms with van der Waals surface area (Å²) in [4.78, 5) is 14.7. The number of methoxy groups -OCH3 is 1. The second kappa shape index (κ2) is 7.66. The van der Waals surface area contributed by atoms with E-state index in [-0.39, 0.29) is 29.3 Å². The highest BCUT2D eigenvalue weighted by Gasteiger charge is 2.51. The van der Waals surface area contributed by atoms with Gasteiger partial charge in [0, 0.05) is 44.1 Å². The van der Waals surface area contributed by atoms with E-state index in [2.05, 4.69) is 10.2 Å². The van der Waals surface area contributed by atoms with Crippen LogP contribution in [0.4, 0.5) is 0 Å². The van der Waals surface area contributed by atoms with Gasteiger partial charge in [0.25, 0.3) is 5.91 Å². The van der Waals surface area contributed by atoms with Crippen molar-refractivity contribution in [1.29, 1.82) is 0 Å². The molecule has 6 nitrogen and oxygen atoms in total. The number of carbonyl (C=O) groups is 1. The summed E-state index contributed by atoms with van der Waals surface area (Å²) in [5.41, 5.74) is 0.447. The van der Waals surface area contributed by atoms with Gasteiger partial charge in [0.1, 0.15) is 9.84 Å². The van der Waals surface area contributed by atoms with Gasteiger partial charge in [-0.1, -0.05) is 18.2 Å². The number of hydrogen-bond acceptors (Lipinski definition) is 5. The van der Waals surface area contributed by atoms with E-state index in [0.29, 0.717) is 12.1 Å². The zero-order valence-electron chi connectivity index (χ0n) is 15.5. The van der Waals surface area contributed by atoms with Crippen LogP contribution in [0.25, 0.3) is 0 Å². The van der Waals surface area contributed by atoms with Gasteiger partial charge >= 0.3 is 0 Å². The van der Waals surface area contributed by atoms with Gasteiger partial charge in [0.15, 0.2) is 0 Å². The number of ether oxygens (including phenoxy) is 1. The van der Waals surface area contributed by atoms with E-state index >= 15 is 0 Å². The van der Waals surface area contributed by atoms with E-state index in [4.69, 9.17) is 4.74 Å². The number of likely N-dealkylation sites (tertiary alicyclic amines) is 1. The van der Waals surface area contributed by atoms with Crippen LogP contribution in [0.5, 0.6) is 0 Å². The highest BCUT2D eigenvalue weighted by Crippen LogP contribution is 2.42. The van der Waals surface area contributed by atoms with Gasteiger partial charge in [-0.3, -0.25) is 9.69 Å². The fraction of sp³-hybridized carbons (Fsp3) is 0.632. The van der Waals surface area contributed by atoms with Crippen LogP contribution < -0.4 is 5.32 Å². The van der Waals surface area contributed by atoms with Crippen molar-refractivity contribution in [3.05, 3.63) is 35.9 Å². The minimum absolute atomic E-state index is 0.0544. The predicted molar refractivity (Wildman–Crippen MR) is 101 cm³/mol. The number of amides is 1. The third kappa shape index (κ3) is 4.27. The van der Waals surface area contributed by atoms with Crippen LogP contribution in [0.3, 0.4) is 0 Å². The molecule has 3 atom stereocenters. The fourth-order valence-corrected chi connectivity index (χ4v) is 4.90. The molecule has 1 aliphatic heterocycles. The van der Waals surface area contributed by atoms with Gasteiger partial charge in [0.2, 0.25) is 0 Å². The molecule has 3 rings (SSSR count). The van der Waals surface area contributed by atoms with Gasteiger partial charge in [-0.2, -0.15) is 0 Å². The molecule has 7 heteroatoms. The molecule has 1 amide bonds. The maximum absolute atomic E-state index is 12.5. The summed E-state index contributed by atoms with van der Waals surface area (Å²) in [5.74, 6) is 0.103. The molecule has 0 bridgehead atoms. The average Bonchev–Trinajstić information content (AvgIpc) is 2.99. The lowest BCUT2D eigenvalue weighted by atomic mass is 9.78. The lowest BCUT2D eigenvalue weighted by Gasteiger charge is -2.44. The fourth-order valence-electron chi connectivity index (χ4n) is 4.33. The molecule has 144 valence electrons. The molecular formula is C19H28N2O4S. The van der Waals surface area contributed by atoms with Crippen LogP contribution in [0.1, 0.15) is 36.0 Å². The summed E-state index contributed by atoms with van der Waals surface area (Å²) in [5, 5.41) is 3.14. The summed E-state index contributed by atoms with van der Waals surface area (Å²) in [7, 11) is -1.25. The molecule has 1 aromatic rings. The third-order valence-corrected chi connectivity index (χ3v) is 6.75. The van der Waals surface area contributed by atoms with Crippen molar-refractivity contribution in [1.82, 2.24) is 10.2 Å². The Bertz CT molecular complexity index is 737. The van der Waals surface area contributed by atoms with E-state index in [1.807, 2.05) is 30.3 Å². The molecule has 1 saturated heterocycles. The Balaban J connectivity index is 1.67. The number of nitrogens with one attached hydrogen (secondary N) is 1. The second-order valence-corrected chi connectivity index (χ2v) is 9.77. The maximum Gasteiger partial charge on any atom is 0.251 e. The number of hydrogen-bond donors (Lipinski definition) is 1. The molecule has 1 aliphatic carbocycles. The number of carbonyl (C=O) groups excluding carboxylic acids is 1. The largest absolute Gasteiger partial charge is 0.377 e. The first kappa shape index (κ1) is 19.3. The van der Waals surface area contributed by atoms with Gasteiger partial charge in [-0.15, -0.1) is 0 Å². The van der Waals surface area contributed by atoms with Crippen LogP contribution in [-0.2, 0) is 14.6 Å². The van der Waals surface area contributed by atoms with E-state index in [1.165, 1.54) is 6.26 Å². The van der Waals surface area contributed by atoms with E-state index in [9.17, 15) is 13.2 Å². The minimum Gasteiger partial charge on any atom is -0.377 e. The molecule has 0 unspecified atom stereocenters. The Morgan fingerprint density at radius 2 is 2.04 bits per heavy atom. The van der Waals surface area contributed by atoms with Crippen molar-refractivity contribution in [2.24, 2.45) is 0 Å². The number of sulfone groups is 1. The Hall–Kier alpha value is -1.44. The highest BCUT2D eigenvalue weighted by atomic mass is 32.2. The van der Waals surface area contributed by atoms with Crippen molar-refractivity contribution in [2.45, 2.75) is 43.4 Å². The normalized spacial score (nSPS) is 29.3. The van der Waals surface area contributed by atoms with Crippen molar-refractivity contribution < 1.29 is 17.9 Å². The first-order valence-electron chi connectivity index (χ1n) is 9.16. The first-order chi connectivity index (χ1) is 12.3. The second-order valence-electron chi connectivity index (χ2n) is 7.51. The Morgan fingerprint density at radius 3 is 2.69 bits per heavy atom. The van der Waals surface area contributed by atoms with Crippen LogP contribution in [0.15, 0.2) is 30.3 Å². The summed E-state index contributed by atoms with van der Waals surface area (Å²) in [6, 6.07) is 9.45. The van der Waals surface area contributed by atoms with E-state index in [0.717, 1.165) is 32.2 Å². The quantitative estimate of drug-likeness (QED) is 0.809. The maximum atomic E-state index is 12.5. The van der Waals surface area contributed by atoms with Crippen molar-refractivity contribution in [3.63, 3.8) is 0 Å². The molecule has 0 radical (unpaired) electrons. The molecule has 1 heterocycles.